The van der Waals surface area contributed by atoms with Crippen LogP contribution in [0.15, 0.2) is 0 Å². The highest BCUT2D eigenvalue weighted by Gasteiger charge is 2.60. The van der Waals surface area contributed by atoms with Crippen LogP contribution in [0, 0.1) is 11.3 Å². The number of esters is 1. The van der Waals surface area contributed by atoms with Crippen molar-refractivity contribution in [1.82, 2.24) is 0 Å². The van der Waals surface area contributed by atoms with Gasteiger partial charge in [0.1, 0.15) is 5.60 Å². The summed E-state index contributed by atoms with van der Waals surface area (Å²) in [5.41, 5.74) is 0.193. The van der Waals surface area contributed by atoms with E-state index in [0.29, 0.717) is 23.9 Å². The van der Waals surface area contributed by atoms with Crippen LogP contribution in [0.2, 0.25) is 0 Å². The second kappa shape index (κ2) is 3.73. The van der Waals surface area contributed by atoms with Crippen molar-refractivity contribution in [3.8, 4) is 0 Å². The minimum absolute atomic E-state index is 0.142. The first kappa shape index (κ1) is 11.9. The molecule has 1 unspecified atom stereocenters. The highest BCUT2D eigenvalue weighted by molar-refractivity contribution is 5.71. The van der Waals surface area contributed by atoms with Crippen molar-refractivity contribution in [3.05, 3.63) is 0 Å². The van der Waals surface area contributed by atoms with E-state index >= 15 is 0 Å². The Morgan fingerprint density at radius 1 is 1.50 bits per heavy atom. The maximum absolute atomic E-state index is 11.3. The highest BCUT2D eigenvalue weighted by atomic mass is 16.6. The monoisotopic (exact) mass is 226 g/mol. The summed E-state index contributed by atoms with van der Waals surface area (Å²) >= 11 is 0. The molecule has 3 nitrogen and oxygen atoms in total. The van der Waals surface area contributed by atoms with Gasteiger partial charge in [0.25, 0.3) is 0 Å². The first-order chi connectivity index (χ1) is 7.37. The molecular weight excluding hydrogens is 204 g/mol. The highest BCUT2D eigenvalue weighted by Crippen LogP contribution is 2.55. The molecule has 16 heavy (non-hydrogen) atoms. The number of ether oxygens (including phenoxy) is 2. The first-order valence-corrected chi connectivity index (χ1v) is 6.12. The Kier molecular flexibility index (Phi) is 2.77. The second-order valence-electron chi connectivity index (χ2n) is 6.26. The van der Waals surface area contributed by atoms with E-state index in [2.05, 4.69) is 20.8 Å². The van der Waals surface area contributed by atoms with Crippen molar-refractivity contribution in [2.24, 2.45) is 11.3 Å². The van der Waals surface area contributed by atoms with Crippen LogP contribution in [0.4, 0.5) is 0 Å². The van der Waals surface area contributed by atoms with E-state index in [1.54, 1.807) is 0 Å². The Balaban J connectivity index is 1.92. The maximum Gasteiger partial charge on any atom is 0.308 e. The smallest absolute Gasteiger partial charge is 0.308 e. The molecule has 0 aromatic rings. The quantitative estimate of drug-likeness (QED) is 0.536. The van der Waals surface area contributed by atoms with Gasteiger partial charge in [-0.1, -0.05) is 20.8 Å². The molecule has 1 heterocycles. The van der Waals surface area contributed by atoms with Crippen LogP contribution in [0.3, 0.4) is 0 Å². The molecule has 0 spiro atoms. The van der Waals surface area contributed by atoms with Gasteiger partial charge < -0.3 is 9.47 Å². The fourth-order valence-corrected chi connectivity index (χ4v) is 2.87. The molecule has 1 aliphatic carbocycles. The number of hydrogen-bond donors (Lipinski definition) is 0. The van der Waals surface area contributed by atoms with Crippen molar-refractivity contribution < 1.29 is 14.3 Å². The zero-order valence-corrected chi connectivity index (χ0v) is 10.7. The van der Waals surface area contributed by atoms with Crippen LogP contribution in [0.1, 0.15) is 46.5 Å². The standard InChI is InChI=1S/C13H22O3/c1-12(2,3)9-5-6-13(8-11(14)15-4)10(7-9)16-13/h9-10H,5-8H2,1-4H3/t9-,10?,13-/m0/s1. The summed E-state index contributed by atoms with van der Waals surface area (Å²) in [5.74, 6) is 0.572. The Morgan fingerprint density at radius 3 is 2.69 bits per heavy atom. The van der Waals surface area contributed by atoms with Crippen LogP contribution >= 0.6 is 0 Å². The topological polar surface area (TPSA) is 38.8 Å². The van der Waals surface area contributed by atoms with Crippen molar-refractivity contribution in [3.63, 3.8) is 0 Å². The van der Waals surface area contributed by atoms with E-state index in [1.807, 2.05) is 0 Å². The van der Waals surface area contributed by atoms with Crippen molar-refractivity contribution >= 4 is 5.97 Å². The summed E-state index contributed by atoms with van der Waals surface area (Å²) in [7, 11) is 1.44. The van der Waals surface area contributed by atoms with Crippen LogP contribution in [-0.2, 0) is 14.3 Å². The predicted molar refractivity (Wildman–Crippen MR) is 61.0 cm³/mol. The van der Waals surface area contributed by atoms with E-state index in [4.69, 9.17) is 9.47 Å². The van der Waals surface area contributed by atoms with Gasteiger partial charge in [0, 0.05) is 0 Å². The molecule has 0 N–H and O–H groups in total. The molecule has 1 saturated carbocycles. The second-order valence-corrected chi connectivity index (χ2v) is 6.26. The molecule has 2 rings (SSSR count). The van der Waals surface area contributed by atoms with E-state index in [-0.39, 0.29) is 11.6 Å². The van der Waals surface area contributed by atoms with Crippen LogP contribution in [0.25, 0.3) is 0 Å². The molecule has 92 valence electrons. The molecule has 3 atom stereocenters. The zero-order valence-electron chi connectivity index (χ0n) is 10.7. The van der Waals surface area contributed by atoms with Crippen LogP contribution in [-0.4, -0.2) is 24.8 Å². The average Bonchev–Trinajstić information content (AvgIpc) is 2.88. The Bertz CT molecular complexity index is 292. The van der Waals surface area contributed by atoms with Crippen molar-refractivity contribution in [2.45, 2.75) is 58.2 Å². The van der Waals surface area contributed by atoms with E-state index in [9.17, 15) is 4.79 Å². The summed E-state index contributed by atoms with van der Waals surface area (Å²) in [4.78, 5) is 11.3. The van der Waals surface area contributed by atoms with E-state index in [1.165, 1.54) is 7.11 Å². The number of rotatable bonds is 2. The largest absolute Gasteiger partial charge is 0.469 e. The maximum atomic E-state index is 11.3. The van der Waals surface area contributed by atoms with Gasteiger partial charge in [-0.05, 0) is 30.6 Å². The van der Waals surface area contributed by atoms with Gasteiger partial charge in [-0.3, -0.25) is 4.79 Å². The van der Waals surface area contributed by atoms with Gasteiger partial charge in [-0.25, -0.2) is 0 Å². The zero-order chi connectivity index (χ0) is 12.0. The third-order valence-corrected chi connectivity index (χ3v) is 4.22. The molecule has 2 fully saturated rings. The normalized spacial score (nSPS) is 37.8. The Morgan fingerprint density at radius 2 is 2.19 bits per heavy atom. The average molecular weight is 226 g/mol. The van der Waals surface area contributed by atoms with Crippen LogP contribution in [0.5, 0.6) is 0 Å². The number of epoxide rings is 1. The minimum Gasteiger partial charge on any atom is -0.469 e. The lowest BCUT2D eigenvalue weighted by molar-refractivity contribution is -0.142. The lowest BCUT2D eigenvalue weighted by Crippen LogP contribution is -2.32. The number of methoxy groups -OCH3 is 1. The van der Waals surface area contributed by atoms with Gasteiger partial charge >= 0.3 is 5.97 Å². The lowest BCUT2D eigenvalue weighted by Gasteiger charge is -2.34. The summed E-state index contributed by atoms with van der Waals surface area (Å²) in [5, 5.41) is 0. The molecule has 0 amide bonds. The molecule has 1 saturated heterocycles. The van der Waals surface area contributed by atoms with Gasteiger partial charge in [0.2, 0.25) is 0 Å². The van der Waals surface area contributed by atoms with Gasteiger partial charge in [-0.2, -0.15) is 0 Å². The lowest BCUT2D eigenvalue weighted by atomic mass is 9.69. The Labute approximate surface area is 97.5 Å². The third kappa shape index (κ3) is 2.10. The van der Waals surface area contributed by atoms with E-state index in [0.717, 1.165) is 19.3 Å². The van der Waals surface area contributed by atoms with Crippen molar-refractivity contribution in [1.29, 1.82) is 0 Å². The fourth-order valence-electron chi connectivity index (χ4n) is 2.87. The molecule has 0 bridgehead atoms. The number of carbonyl (C=O) groups excluding carboxylic acids is 1. The number of hydrogen-bond acceptors (Lipinski definition) is 3. The Hall–Kier alpha value is -0.570. The van der Waals surface area contributed by atoms with E-state index < -0.39 is 0 Å². The molecule has 0 aromatic heterocycles. The fraction of sp³-hybridized carbons (Fsp3) is 0.923. The first-order valence-electron chi connectivity index (χ1n) is 6.12. The molecule has 0 aromatic carbocycles. The summed E-state index contributed by atoms with van der Waals surface area (Å²) in [6.07, 6.45) is 4.00. The molecular formula is C13H22O3. The number of carbonyl (C=O) groups is 1. The summed E-state index contributed by atoms with van der Waals surface area (Å²) < 4.78 is 10.5. The minimum atomic E-state index is -0.158. The predicted octanol–water partition coefficient (Wildman–Crippen LogP) is 2.53. The van der Waals surface area contributed by atoms with Gasteiger partial charge in [-0.15, -0.1) is 0 Å². The van der Waals surface area contributed by atoms with Gasteiger partial charge in [0.15, 0.2) is 0 Å². The summed E-state index contributed by atoms with van der Waals surface area (Å²) in [6.45, 7) is 6.86. The van der Waals surface area contributed by atoms with Crippen LogP contribution < -0.4 is 0 Å². The summed E-state index contributed by atoms with van der Waals surface area (Å²) in [6, 6.07) is 0. The number of fused-ring (bicyclic) bond motifs is 1. The van der Waals surface area contributed by atoms with Crippen molar-refractivity contribution in [2.75, 3.05) is 7.11 Å². The van der Waals surface area contributed by atoms with Gasteiger partial charge in [0.05, 0.1) is 19.6 Å². The SMILES string of the molecule is COC(=O)C[C@@]12CC[C@H](C(C)(C)C)CC1O2. The molecule has 1 aliphatic heterocycles. The third-order valence-electron chi connectivity index (χ3n) is 4.22. The molecule has 0 radical (unpaired) electrons. The molecule has 3 heteroatoms. The molecule has 2 aliphatic rings.